The van der Waals surface area contributed by atoms with Crippen molar-refractivity contribution in [1.29, 1.82) is 0 Å². The Kier molecular flexibility index (Phi) is 3.23. The lowest BCUT2D eigenvalue weighted by atomic mass is 10.1. The quantitative estimate of drug-likeness (QED) is 0.831. The van der Waals surface area contributed by atoms with Crippen LogP contribution in [0.3, 0.4) is 0 Å². The standard InChI is InChI=1S/C15H17BrN4O/c16-9-1-4-13-12(7-9)14(19-18-13)15(21)20-10-2-3-11(20)8-17-6-5-10/h1,4,7,10-11,17H,2-3,5-6,8H2,(H,18,19). The highest BCUT2D eigenvalue weighted by molar-refractivity contribution is 9.10. The lowest BCUT2D eigenvalue weighted by molar-refractivity contribution is 0.0676. The van der Waals surface area contributed by atoms with Crippen molar-refractivity contribution in [2.45, 2.75) is 31.3 Å². The molecule has 2 aromatic rings. The highest BCUT2D eigenvalue weighted by Crippen LogP contribution is 2.31. The van der Waals surface area contributed by atoms with E-state index in [9.17, 15) is 4.79 Å². The van der Waals surface area contributed by atoms with Crippen LogP contribution in [0.2, 0.25) is 0 Å². The molecule has 2 unspecified atom stereocenters. The molecule has 1 aromatic carbocycles. The molecule has 2 aliphatic heterocycles. The minimum absolute atomic E-state index is 0.0653. The van der Waals surface area contributed by atoms with Gasteiger partial charge in [0.2, 0.25) is 0 Å². The summed E-state index contributed by atoms with van der Waals surface area (Å²) in [5, 5.41) is 11.6. The van der Waals surface area contributed by atoms with Gasteiger partial charge in [-0.15, -0.1) is 0 Å². The summed E-state index contributed by atoms with van der Waals surface area (Å²) in [6, 6.07) is 6.53. The van der Waals surface area contributed by atoms with E-state index in [0.29, 0.717) is 17.8 Å². The Morgan fingerprint density at radius 3 is 3.05 bits per heavy atom. The average molecular weight is 349 g/mol. The third kappa shape index (κ3) is 2.17. The highest BCUT2D eigenvalue weighted by atomic mass is 79.9. The molecule has 2 bridgehead atoms. The Hall–Kier alpha value is -1.40. The van der Waals surface area contributed by atoms with Crippen molar-refractivity contribution in [2.75, 3.05) is 13.1 Å². The van der Waals surface area contributed by atoms with Gasteiger partial charge >= 0.3 is 0 Å². The second kappa shape index (κ2) is 5.10. The van der Waals surface area contributed by atoms with Crippen LogP contribution in [-0.2, 0) is 0 Å². The number of hydrogen-bond acceptors (Lipinski definition) is 3. The average Bonchev–Trinajstić information content (AvgIpc) is 2.97. The summed E-state index contributed by atoms with van der Waals surface area (Å²) < 4.78 is 0.964. The van der Waals surface area contributed by atoms with Crippen molar-refractivity contribution >= 4 is 32.7 Å². The number of fused-ring (bicyclic) bond motifs is 3. The van der Waals surface area contributed by atoms with E-state index in [-0.39, 0.29) is 5.91 Å². The van der Waals surface area contributed by atoms with Crippen LogP contribution in [0.25, 0.3) is 10.9 Å². The van der Waals surface area contributed by atoms with Crippen LogP contribution in [0.1, 0.15) is 29.8 Å². The number of halogens is 1. The minimum Gasteiger partial charge on any atom is -0.330 e. The third-order valence-corrected chi connectivity index (χ3v) is 5.11. The van der Waals surface area contributed by atoms with E-state index in [0.717, 1.165) is 47.7 Å². The van der Waals surface area contributed by atoms with E-state index in [2.05, 4.69) is 36.3 Å². The Labute approximate surface area is 131 Å². The zero-order valence-electron chi connectivity index (χ0n) is 11.6. The van der Waals surface area contributed by atoms with Gasteiger partial charge in [-0.2, -0.15) is 5.10 Å². The molecule has 6 heteroatoms. The first kappa shape index (κ1) is 13.3. The van der Waals surface area contributed by atoms with Gasteiger partial charge in [0.05, 0.1) is 5.52 Å². The Balaban J connectivity index is 1.74. The van der Waals surface area contributed by atoms with Crippen LogP contribution in [-0.4, -0.2) is 46.2 Å². The van der Waals surface area contributed by atoms with Gasteiger partial charge in [-0.25, -0.2) is 0 Å². The summed E-state index contributed by atoms with van der Waals surface area (Å²) in [5.41, 5.74) is 1.45. The van der Waals surface area contributed by atoms with Crippen LogP contribution < -0.4 is 5.32 Å². The molecule has 2 aliphatic rings. The molecular formula is C15H17BrN4O. The molecule has 21 heavy (non-hydrogen) atoms. The first-order valence-corrected chi connectivity index (χ1v) is 8.20. The molecule has 0 radical (unpaired) electrons. The monoisotopic (exact) mass is 348 g/mol. The number of aromatic nitrogens is 2. The number of amides is 1. The molecule has 0 spiro atoms. The van der Waals surface area contributed by atoms with E-state index >= 15 is 0 Å². The maximum Gasteiger partial charge on any atom is 0.275 e. The summed E-state index contributed by atoms with van der Waals surface area (Å²) in [7, 11) is 0. The van der Waals surface area contributed by atoms with Gasteiger partial charge in [0.25, 0.3) is 5.91 Å². The van der Waals surface area contributed by atoms with E-state index in [1.807, 2.05) is 18.2 Å². The van der Waals surface area contributed by atoms with Gasteiger partial charge < -0.3 is 10.2 Å². The summed E-state index contributed by atoms with van der Waals surface area (Å²) in [6.45, 7) is 1.89. The Morgan fingerprint density at radius 1 is 1.29 bits per heavy atom. The van der Waals surface area contributed by atoms with Crippen molar-refractivity contribution in [3.8, 4) is 0 Å². The largest absolute Gasteiger partial charge is 0.330 e. The van der Waals surface area contributed by atoms with Crippen LogP contribution >= 0.6 is 15.9 Å². The van der Waals surface area contributed by atoms with Gasteiger partial charge in [-0.05, 0) is 44.0 Å². The molecule has 3 heterocycles. The van der Waals surface area contributed by atoms with Gasteiger partial charge in [-0.1, -0.05) is 15.9 Å². The molecule has 110 valence electrons. The number of H-pyrrole nitrogens is 1. The van der Waals surface area contributed by atoms with Crippen molar-refractivity contribution in [1.82, 2.24) is 20.4 Å². The van der Waals surface area contributed by atoms with Gasteiger partial charge in [0.15, 0.2) is 5.69 Å². The fourth-order valence-corrected chi connectivity index (χ4v) is 3.95. The number of carbonyl (C=O) groups is 1. The second-order valence-corrected chi connectivity index (χ2v) is 6.77. The van der Waals surface area contributed by atoms with Crippen LogP contribution in [0.5, 0.6) is 0 Å². The van der Waals surface area contributed by atoms with Crippen LogP contribution in [0.15, 0.2) is 22.7 Å². The number of carbonyl (C=O) groups excluding carboxylic acids is 1. The minimum atomic E-state index is 0.0653. The zero-order valence-corrected chi connectivity index (χ0v) is 13.2. The molecule has 1 aromatic heterocycles. The topological polar surface area (TPSA) is 61.0 Å². The predicted molar refractivity (Wildman–Crippen MR) is 84.3 cm³/mol. The SMILES string of the molecule is O=C(c1n[nH]c2ccc(Br)cc12)N1C2CCNCC1CC2. The molecule has 5 nitrogen and oxygen atoms in total. The molecule has 0 aliphatic carbocycles. The van der Waals surface area contributed by atoms with Crippen LogP contribution in [0.4, 0.5) is 0 Å². The first-order chi connectivity index (χ1) is 10.2. The Morgan fingerprint density at radius 2 is 2.14 bits per heavy atom. The fraction of sp³-hybridized carbons (Fsp3) is 0.467. The lowest BCUT2D eigenvalue weighted by Crippen LogP contribution is -2.42. The third-order valence-electron chi connectivity index (χ3n) is 4.62. The van der Waals surface area contributed by atoms with Crippen molar-refractivity contribution in [2.24, 2.45) is 0 Å². The van der Waals surface area contributed by atoms with Crippen molar-refractivity contribution in [3.05, 3.63) is 28.4 Å². The molecule has 2 fully saturated rings. The molecule has 2 atom stereocenters. The normalized spacial score (nSPS) is 25.3. The number of hydrogen-bond donors (Lipinski definition) is 2. The molecule has 1 amide bonds. The maximum absolute atomic E-state index is 13.0. The smallest absolute Gasteiger partial charge is 0.275 e. The van der Waals surface area contributed by atoms with E-state index in [1.165, 1.54) is 0 Å². The van der Waals surface area contributed by atoms with E-state index in [1.54, 1.807) is 0 Å². The Bertz CT molecular complexity index is 684. The summed E-state index contributed by atoms with van der Waals surface area (Å²) >= 11 is 3.47. The van der Waals surface area contributed by atoms with E-state index < -0.39 is 0 Å². The van der Waals surface area contributed by atoms with Gasteiger partial charge in [0, 0.05) is 28.5 Å². The molecule has 0 saturated carbocycles. The number of nitrogens with zero attached hydrogens (tertiary/aromatic N) is 2. The first-order valence-electron chi connectivity index (χ1n) is 7.41. The maximum atomic E-state index is 13.0. The zero-order chi connectivity index (χ0) is 14.4. The number of rotatable bonds is 1. The number of nitrogens with one attached hydrogen (secondary N) is 2. The molecule has 4 rings (SSSR count). The predicted octanol–water partition coefficient (Wildman–Crippen LogP) is 2.29. The molecule has 2 saturated heterocycles. The lowest BCUT2D eigenvalue weighted by Gasteiger charge is -2.27. The highest BCUT2D eigenvalue weighted by Gasteiger charge is 2.39. The summed E-state index contributed by atoms with van der Waals surface area (Å²) in [5.74, 6) is 0.0653. The van der Waals surface area contributed by atoms with Crippen LogP contribution in [0, 0.1) is 0 Å². The number of aromatic amines is 1. The van der Waals surface area contributed by atoms with Gasteiger partial charge in [-0.3, -0.25) is 9.89 Å². The van der Waals surface area contributed by atoms with Crippen molar-refractivity contribution in [3.63, 3.8) is 0 Å². The second-order valence-electron chi connectivity index (χ2n) is 5.85. The summed E-state index contributed by atoms with van der Waals surface area (Å²) in [4.78, 5) is 15.1. The van der Waals surface area contributed by atoms with E-state index in [4.69, 9.17) is 0 Å². The van der Waals surface area contributed by atoms with Crippen molar-refractivity contribution < 1.29 is 4.79 Å². The number of benzene rings is 1. The van der Waals surface area contributed by atoms with Gasteiger partial charge in [0.1, 0.15) is 0 Å². The molecular weight excluding hydrogens is 332 g/mol. The summed E-state index contributed by atoms with van der Waals surface area (Å²) in [6.07, 6.45) is 3.24. The fourth-order valence-electron chi connectivity index (χ4n) is 3.59. The molecule has 2 N–H and O–H groups in total.